The standard InChI is InChI=1S/C14H17F3N6OS/c15-14(16,17)8-5-20-13(21-7-1-3-19-4-2-7)23-10(8)12-22-9(6-25-12)11(18)24/h5-7,11,19,24H,1-4,18H2,(H,20,21,23). The van der Waals surface area contributed by atoms with Crippen molar-refractivity contribution in [2.24, 2.45) is 5.73 Å². The molecule has 0 amide bonds. The van der Waals surface area contributed by atoms with Crippen LogP contribution in [0.2, 0.25) is 0 Å². The first-order valence-electron chi connectivity index (χ1n) is 7.65. The van der Waals surface area contributed by atoms with Gasteiger partial charge in [0.1, 0.15) is 22.5 Å². The van der Waals surface area contributed by atoms with Gasteiger partial charge >= 0.3 is 6.18 Å². The third-order valence-corrected chi connectivity index (χ3v) is 4.66. The van der Waals surface area contributed by atoms with Crippen LogP contribution in [-0.4, -0.2) is 39.2 Å². The lowest BCUT2D eigenvalue weighted by atomic mass is 10.1. The summed E-state index contributed by atoms with van der Waals surface area (Å²) in [4.78, 5) is 11.8. The molecule has 1 saturated heterocycles. The molecule has 0 spiro atoms. The molecule has 0 bridgehead atoms. The molecule has 136 valence electrons. The Bertz CT molecular complexity index is 730. The van der Waals surface area contributed by atoms with E-state index in [-0.39, 0.29) is 28.4 Å². The molecule has 0 radical (unpaired) electrons. The maximum atomic E-state index is 13.3. The van der Waals surface area contributed by atoms with E-state index in [4.69, 9.17) is 5.73 Å². The highest BCUT2D eigenvalue weighted by Gasteiger charge is 2.36. The minimum Gasteiger partial charge on any atom is -0.373 e. The largest absolute Gasteiger partial charge is 0.420 e. The van der Waals surface area contributed by atoms with E-state index < -0.39 is 18.0 Å². The Hall–Kier alpha value is -1.82. The highest BCUT2D eigenvalue weighted by Crippen LogP contribution is 2.37. The van der Waals surface area contributed by atoms with Crippen LogP contribution in [0.1, 0.15) is 30.3 Å². The molecule has 25 heavy (non-hydrogen) atoms. The summed E-state index contributed by atoms with van der Waals surface area (Å²) in [6, 6.07) is 0.101. The molecule has 1 aliphatic heterocycles. The van der Waals surface area contributed by atoms with Crippen molar-refractivity contribution in [3.63, 3.8) is 0 Å². The Labute approximate surface area is 145 Å². The second-order valence-electron chi connectivity index (χ2n) is 5.64. The van der Waals surface area contributed by atoms with Gasteiger partial charge in [-0.05, 0) is 25.9 Å². The van der Waals surface area contributed by atoms with Gasteiger partial charge < -0.3 is 21.5 Å². The third kappa shape index (κ3) is 4.24. The van der Waals surface area contributed by atoms with Crippen molar-refractivity contribution < 1.29 is 18.3 Å². The zero-order chi connectivity index (χ0) is 18.0. The predicted octanol–water partition coefficient (Wildman–Crippen LogP) is 1.73. The fourth-order valence-electron chi connectivity index (χ4n) is 2.50. The van der Waals surface area contributed by atoms with Gasteiger partial charge in [-0.1, -0.05) is 0 Å². The first-order valence-corrected chi connectivity index (χ1v) is 8.53. The lowest BCUT2D eigenvalue weighted by Gasteiger charge is -2.24. The number of nitrogens with one attached hydrogen (secondary N) is 2. The van der Waals surface area contributed by atoms with E-state index in [0.29, 0.717) is 0 Å². The maximum Gasteiger partial charge on any atom is 0.420 e. The van der Waals surface area contributed by atoms with Crippen molar-refractivity contribution in [2.45, 2.75) is 31.3 Å². The molecule has 0 saturated carbocycles. The number of alkyl halides is 3. The van der Waals surface area contributed by atoms with Gasteiger partial charge in [-0.15, -0.1) is 11.3 Å². The Morgan fingerprint density at radius 2 is 2.04 bits per heavy atom. The van der Waals surface area contributed by atoms with Gasteiger partial charge in [0, 0.05) is 17.6 Å². The number of hydrogen-bond donors (Lipinski definition) is 4. The molecule has 2 aromatic heterocycles. The SMILES string of the molecule is NC(O)c1csc(-c2nc(NC3CCNCC3)ncc2C(F)(F)F)n1. The number of anilines is 1. The summed E-state index contributed by atoms with van der Waals surface area (Å²) in [5, 5.41) is 17.0. The summed E-state index contributed by atoms with van der Waals surface area (Å²) >= 11 is 0.937. The van der Waals surface area contributed by atoms with Crippen LogP contribution in [0.5, 0.6) is 0 Å². The summed E-state index contributed by atoms with van der Waals surface area (Å²) in [5.41, 5.74) is 4.11. The predicted molar refractivity (Wildman–Crippen MR) is 86.8 cm³/mol. The van der Waals surface area contributed by atoms with Gasteiger partial charge in [-0.2, -0.15) is 13.2 Å². The number of nitrogens with two attached hydrogens (primary N) is 1. The minimum absolute atomic E-state index is 0.0302. The van der Waals surface area contributed by atoms with Crippen LogP contribution < -0.4 is 16.4 Å². The number of aliphatic hydroxyl groups excluding tert-OH is 1. The molecule has 11 heteroatoms. The van der Waals surface area contributed by atoms with Crippen molar-refractivity contribution in [1.29, 1.82) is 0 Å². The fraction of sp³-hybridized carbons (Fsp3) is 0.500. The average molecular weight is 374 g/mol. The number of halogens is 3. The quantitative estimate of drug-likeness (QED) is 0.604. The second-order valence-corrected chi connectivity index (χ2v) is 6.50. The molecule has 1 unspecified atom stereocenters. The Morgan fingerprint density at radius 3 is 2.64 bits per heavy atom. The normalized spacial score (nSPS) is 17.5. The smallest absolute Gasteiger partial charge is 0.373 e. The van der Waals surface area contributed by atoms with E-state index >= 15 is 0 Å². The van der Waals surface area contributed by atoms with E-state index in [1.165, 1.54) is 5.38 Å². The lowest BCUT2D eigenvalue weighted by Crippen LogP contribution is -2.35. The maximum absolute atomic E-state index is 13.3. The molecular formula is C14H17F3N6OS. The summed E-state index contributed by atoms with van der Waals surface area (Å²) in [5.74, 6) is 0.125. The van der Waals surface area contributed by atoms with Crippen molar-refractivity contribution >= 4 is 17.3 Å². The minimum atomic E-state index is -4.62. The number of rotatable bonds is 4. The van der Waals surface area contributed by atoms with E-state index in [9.17, 15) is 18.3 Å². The summed E-state index contributed by atoms with van der Waals surface area (Å²) in [6.45, 7) is 1.66. The molecule has 3 rings (SSSR count). The lowest BCUT2D eigenvalue weighted by molar-refractivity contribution is -0.137. The molecule has 3 heterocycles. The molecule has 1 aliphatic rings. The monoisotopic (exact) mass is 374 g/mol. The molecule has 1 atom stereocenters. The van der Waals surface area contributed by atoms with E-state index in [2.05, 4.69) is 25.6 Å². The van der Waals surface area contributed by atoms with E-state index in [0.717, 1.165) is 43.5 Å². The zero-order valence-corrected chi connectivity index (χ0v) is 13.9. The molecule has 0 aliphatic carbocycles. The number of aromatic nitrogens is 3. The van der Waals surface area contributed by atoms with Crippen molar-refractivity contribution in [2.75, 3.05) is 18.4 Å². The van der Waals surface area contributed by atoms with Crippen LogP contribution in [0.3, 0.4) is 0 Å². The number of thiazole rings is 1. The number of aliphatic hydroxyl groups is 1. The van der Waals surface area contributed by atoms with Gasteiger partial charge in [0.15, 0.2) is 0 Å². The van der Waals surface area contributed by atoms with Gasteiger partial charge in [0.25, 0.3) is 0 Å². The second kappa shape index (κ2) is 7.20. The van der Waals surface area contributed by atoms with Crippen LogP contribution in [-0.2, 0) is 6.18 Å². The highest BCUT2D eigenvalue weighted by molar-refractivity contribution is 7.13. The van der Waals surface area contributed by atoms with Crippen LogP contribution in [0.25, 0.3) is 10.7 Å². The highest BCUT2D eigenvalue weighted by atomic mass is 32.1. The summed E-state index contributed by atoms with van der Waals surface area (Å²) in [7, 11) is 0. The molecule has 1 fully saturated rings. The van der Waals surface area contributed by atoms with Crippen molar-refractivity contribution in [3.8, 4) is 10.7 Å². The Morgan fingerprint density at radius 1 is 1.32 bits per heavy atom. The third-order valence-electron chi connectivity index (χ3n) is 3.79. The number of nitrogens with zero attached hydrogens (tertiary/aromatic N) is 3. The van der Waals surface area contributed by atoms with E-state index in [1.54, 1.807) is 0 Å². The average Bonchev–Trinajstić information content (AvgIpc) is 3.05. The first kappa shape index (κ1) is 18.0. The summed E-state index contributed by atoms with van der Waals surface area (Å²) < 4.78 is 39.9. The van der Waals surface area contributed by atoms with Gasteiger partial charge in [-0.25, -0.2) is 15.0 Å². The Balaban J connectivity index is 1.95. The zero-order valence-electron chi connectivity index (χ0n) is 13.0. The van der Waals surface area contributed by atoms with Crippen LogP contribution in [0.4, 0.5) is 19.1 Å². The fourth-order valence-corrected chi connectivity index (χ4v) is 3.35. The Kier molecular flexibility index (Phi) is 5.18. The molecule has 5 N–H and O–H groups in total. The topological polar surface area (TPSA) is 109 Å². The number of hydrogen-bond acceptors (Lipinski definition) is 8. The summed E-state index contributed by atoms with van der Waals surface area (Å²) in [6.07, 6.45) is -3.55. The van der Waals surface area contributed by atoms with Crippen LogP contribution in [0.15, 0.2) is 11.6 Å². The molecular weight excluding hydrogens is 357 g/mol. The number of piperidine rings is 1. The van der Waals surface area contributed by atoms with Crippen molar-refractivity contribution in [3.05, 3.63) is 22.8 Å². The van der Waals surface area contributed by atoms with Gasteiger partial charge in [0.05, 0.1) is 5.69 Å². The first-order chi connectivity index (χ1) is 11.8. The van der Waals surface area contributed by atoms with Crippen LogP contribution >= 0.6 is 11.3 Å². The van der Waals surface area contributed by atoms with Gasteiger partial charge in [-0.3, -0.25) is 0 Å². The van der Waals surface area contributed by atoms with Crippen LogP contribution in [0, 0.1) is 0 Å². The van der Waals surface area contributed by atoms with E-state index in [1.807, 2.05) is 0 Å². The molecule has 2 aromatic rings. The molecule has 7 nitrogen and oxygen atoms in total. The van der Waals surface area contributed by atoms with Crippen molar-refractivity contribution in [1.82, 2.24) is 20.3 Å². The molecule has 0 aromatic carbocycles. The van der Waals surface area contributed by atoms with Gasteiger partial charge in [0.2, 0.25) is 5.95 Å².